The minimum Gasteiger partial charge on any atom is -0.492 e. The van der Waals surface area contributed by atoms with Crippen LogP contribution in [0.15, 0.2) is 24.3 Å². The molecule has 0 radical (unpaired) electrons. The van der Waals surface area contributed by atoms with Crippen LogP contribution in [0.5, 0.6) is 5.75 Å². The molecule has 1 aliphatic rings. The lowest BCUT2D eigenvalue weighted by Crippen LogP contribution is -2.44. The normalized spacial score (nSPS) is 21.0. The zero-order valence-electron chi connectivity index (χ0n) is 17.1. The number of nitrogens with zero attached hydrogens (tertiary/aromatic N) is 2. The molecule has 1 amide bonds. The van der Waals surface area contributed by atoms with Crippen molar-refractivity contribution in [1.82, 2.24) is 9.80 Å². The van der Waals surface area contributed by atoms with E-state index in [-0.39, 0.29) is 12.1 Å². The van der Waals surface area contributed by atoms with E-state index < -0.39 is 5.60 Å². The molecule has 1 aromatic carbocycles. The fourth-order valence-electron chi connectivity index (χ4n) is 3.15. The third-order valence-corrected chi connectivity index (χ3v) is 4.52. The molecule has 0 spiro atoms. The maximum absolute atomic E-state index is 12.7. The number of benzene rings is 1. The predicted molar refractivity (Wildman–Crippen MR) is 105 cm³/mol. The molecule has 2 rings (SSSR count). The molecule has 5 heteroatoms. The second-order valence-electron chi connectivity index (χ2n) is 8.55. The highest BCUT2D eigenvalue weighted by atomic mass is 16.6. The van der Waals surface area contributed by atoms with Crippen molar-refractivity contribution in [3.8, 4) is 5.75 Å². The van der Waals surface area contributed by atoms with Gasteiger partial charge in [0.15, 0.2) is 0 Å². The molecule has 5 nitrogen and oxygen atoms in total. The summed E-state index contributed by atoms with van der Waals surface area (Å²) in [4.78, 5) is 16.7. The van der Waals surface area contributed by atoms with Crippen LogP contribution in [-0.4, -0.2) is 55.3 Å². The van der Waals surface area contributed by atoms with E-state index in [4.69, 9.17) is 9.47 Å². The Labute approximate surface area is 158 Å². The van der Waals surface area contributed by atoms with Gasteiger partial charge in [-0.1, -0.05) is 19.1 Å². The van der Waals surface area contributed by atoms with Gasteiger partial charge in [-0.2, -0.15) is 0 Å². The maximum Gasteiger partial charge on any atom is 0.410 e. The van der Waals surface area contributed by atoms with Crippen LogP contribution in [0.1, 0.15) is 52.1 Å². The van der Waals surface area contributed by atoms with E-state index in [0.29, 0.717) is 12.5 Å². The SMILES string of the molecule is C[C@H]1CC[C@H](c2ccc(OCCN(C)C)cc2)N(C(=O)OC(C)(C)C)C1. The van der Waals surface area contributed by atoms with Crippen LogP contribution in [0.25, 0.3) is 0 Å². The van der Waals surface area contributed by atoms with E-state index in [1.165, 1.54) is 0 Å². The van der Waals surface area contributed by atoms with Crippen LogP contribution in [0.2, 0.25) is 0 Å². The van der Waals surface area contributed by atoms with Gasteiger partial charge in [-0.05, 0) is 71.3 Å². The third kappa shape index (κ3) is 6.20. The second-order valence-corrected chi connectivity index (χ2v) is 8.55. The highest BCUT2D eigenvalue weighted by molar-refractivity contribution is 5.69. The number of likely N-dealkylation sites (N-methyl/N-ethyl adjacent to an activating group) is 1. The summed E-state index contributed by atoms with van der Waals surface area (Å²) in [5.41, 5.74) is 0.662. The Morgan fingerprint density at radius 2 is 1.85 bits per heavy atom. The number of rotatable bonds is 5. The third-order valence-electron chi connectivity index (χ3n) is 4.52. The predicted octanol–water partition coefficient (Wildman–Crippen LogP) is 4.34. The Hall–Kier alpha value is -1.75. The first-order chi connectivity index (χ1) is 12.2. The van der Waals surface area contributed by atoms with Gasteiger partial charge in [0.05, 0.1) is 6.04 Å². The van der Waals surface area contributed by atoms with Gasteiger partial charge in [0, 0.05) is 13.1 Å². The van der Waals surface area contributed by atoms with Crippen LogP contribution >= 0.6 is 0 Å². The lowest BCUT2D eigenvalue weighted by Gasteiger charge is -2.39. The highest BCUT2D eigenvalue weighted by Crippen LogP contribution is 2.35. The number of carbonyl (C=O) groups is 1. The molecule has 1 aliphatic heterocycles. The van der Waals surface area contributed by atoms with Crippen molar-refractivity contribution in [2.75, 3.05) is 33.8 Å². The van der Waals surface area contributed by atoms with Crippen LogP contribution in [0, 0.1) is 5.92 Å². The standard InChI is InChI=1S/C21H34N2O3/c1-16-7-12-19(23(15-16)20(24)26-21(2,3)4)17-8-10-18(11-9-17)25-14-13-22(5)6/h8-11,16,19H,7,12-15H2,1-6H3/t16-,19+/m0/s1. The van der Waals surface area contributed by atoms with E-state index in [9.17, 15) is 4.79 Å². The number of hydrogen-bond donors (Lipinski definition) is 0. The van der Waals surface area contributed by atoms with E-state index in [0.717, 1.165) is 37.2 Å². The molecule has 0 bridgehead atoms. The van der Waals surface area contributed by atoms with Crippen LogP contribution in [-0.2, 0) is 4.74 Å². The van der Waals surface area contributed by atoms with Crippen molar-refractivity contribution in [3.63, 3.8) is 0 Å². The molecule has 0 saturated carbocycles. The molecule has 2 atom stereocenters. The lowest BCUT2D eigenvalue weighted by atomic mass is 9.90. The molecule has 1 fully saturated rings. The summed E-state index contributed by atoms with van der Waals surface area (Å²) in [5, 5.41) is 0. The van der Waals surface area contributed by atoms with Gasteiger partial charge in [0.1, 0.15) is 18.0 Å². The van der Waals surface area contributed by atoms with Crippen molar-refractivity contribution in [1.29, 1.82) is 0 Å². The molecule has 0 aliphatic carbocycles. The zero-order valence-corrected chi connectivity index (χ0v) is 17.1. The number of ether oxygens (including phenoxy) is 2. The zero-order chi connectivity index (χ0) is 19.3. The summed E-state index contributed by atoms with van der Waals surface area (Å²) < 4.78 is 11.4. The number of hydrogen-bond acceptors (Lipinski definition) is 4. The molecule has 0 aromatic heterocycles. The van der Waals surface area contributed by atoms with Gasteiger partial charge in [0.25, 0.3) is 0 Å². The van der Waals surface area contributed by atoms with Crippen molar-refractivity contribution in [2.45, 2.75) is 52.2 Å². The van der Waals surface area contributed by atoms with Crippen LogP contribution in [0.3, 0.4) is 0 Å². The lowest BCUT2D eigenvalue weighted by molar-refractivity contribution is 0.00363. The van der Waals surface area contributed by atoms with Gasteiger partial charge in [0.2, 0.25) is 0 Å². The monoisotopic (exact) mass is 362 g/mol. The number of carbonyl (C=O) groups excluding carboxylic acids is 1. The first-order valence-electron chi connectivity index (χ1n) is 9.53. The fraction of sp³-hybridized carbons (Fsp3) is 0.667. The topological polar surface area (TPSA) is 42.0 Å². The first-order valence-corrected chi connectivity index (χ1v) is 9.53. The Balaban J connectivity index is 2.07. The average molecular weight is 363 g/mol. The first kappa shape index (κ1) is 20.6. The molecular formula is C21H34N2O3. The summed E-state index contributed by atoms with van der Waals surface area (Å²) in [6.45, 7) is 10.2. The second kappa shape index (κ2) is 8.76. The average Bonchev–Trinajstić information content (AvgIpc) is 2.53. The molecular weight excluding hydrogens is 328 g/mol. The van der Waals surface area contributed by atoms with Crippen molar-refractivity contribution in [3.05, 3.63) is 29.8 Å². The summed E-state index contributed by atoms with van der Waals surface area (Å²) in [6.07, 6.45) is 1.85. The van der Waals surface area contributed by atoms with Crippen LogP contribution < -0.4 is 4.74 Å². The number of likely N-dealkylation sites (tertiary alicyclic amines) is 1. The van der Waals surface area contributed by atoms with Crippen molar-refractivity contribution < 1.29 is 14.3 Å². The molecule has 0 unspecified atom stereocenters. The molecule has 1 saturated heterocycles. The Kier molecular flexibility index (Phi) is 6.93. The van der Waals surface area contributed by atoms with Gasteiger partial charge >= 0.3 is 6.09 Å². The Morgan fingerprint density at radius 3 is 2.42 bits per heavy atom. The molecule has 26 heavy (non-hydrogen) atoms. The van der Waals surface area contributed by atoms with E-state index in [1.54, 1.807) is 0 Å². The summed E-state index contributed by atoms with van der Waals surface area (Å²) in [7, 11) is 4.06. The minimum absolute atomic E-state index is 0.0666. The van der Waals surface area contributed by atoms with Crippen molar-refractivity contribution >= 4 is 6.09 Å². The minimum atomic E-state index is -0.480. The summed E-state index contributed by atoms with van der Waals surface area (Å²) in [5.74, 6) is 1.36. The van der Waals surface area contributed by atoms with E-state index in [2.05, 4.69) is 24.0 Å². The molecule has 146 valence electrons. The molecule has 1 aromatic rings. The summed E-state index contributed by atoms with van der Waals surface area (Å²) >= 11 is 0. The maximum atomic E-state index is 12.7. The number of amides is 1. The Bertz CT molecular complexity index is 578. The quantitative estimate of drug-likeness (QED) is 0.782. The Morgan fingerprint density at radius 1 is 1.19 bits per heavy atom. The van der Waals surface area contributed by atoms with Gasteiger partial charge in [-0.15, -0.1) is 0 Å². The molecule has 0 N–H and O–H groups in total. The van der Waals surface area contributed by atoms with E-state index in [1.807, 2.05) is 51.9 Å². The molecule has 1 heterocycles. The number of piperidine rings is 1. The highest BCUT2D eigenvalue weighted by Gasteiger charge is 2.33. The van der Waals surface area contributed by atoms with Gasteiger partial charge < -0.3 is 19.3 Å². The smallest absolute Gasteiger partial charge is 0.410 e. The van der Waals surface area contributed by atoms with Gasteiger partial charge in [-0.25, -0.2) is 4.79 Å². The summed E-state index contributed by atoms with van der Waals surface area (Å²) in [6, 6.07) is 8.20. The van der Waals surface area contributed by atoms with Crippen LogP contribution in [0.4, 0.5) is 4.79 Å². The fourth-order valence-corrected chi connectivity index (χ4v) is 3.15. The largest absolute Gasteiger partial charge is 0.492 e. The van der Waals surface area contributed by atoms with E-state index >= 15 is 0 Å². The van der Waals surface area contributed by atoms with Gasteiger partial charge in [-0.3, -0.25) is 0 Å². The van der Waals surface area contributed by atoms with Crippen molar-refractivity contribution in [2.24, 2.45) is 5.92 Å².